The van der Waals surface area contributed by atoms with Crippen LogP contribution in [0.15, 0.2) is 52.4 Å². The van der Waals surface area contributed by atoms with E-state index in [4.69, 9.17) is 9.47 Å². The van der Waals surface area contributed by atoms with Crippen LogP contribution in [0.4, 0.5) is 10.9 Å². The van der Waals surface area contributed by atoms with Crippen molar-refractivity contribution in [1.82, 2.24) is 9.97 Å². The Morgan fingerprint density at radius 3 is 2.76 bits per heavy atom. The smallest absolute Gasteiger partial charge is 0.188 e. The first kappa shape index (κ1) is 21.4. The van der Waals surface area contributed by atoms with E-state index in [0.717, 1.165) is 10.2 Å². The van der Waals surface area contributed by atoms with Gasteiger partial charge in [0, 0.05) is 42.1 Å². The second-order valence-electron chi connectivity index (χ2n) is 6.57. The number of thiazole rings is 1. The zero-order chi connectivity index (χ0) is 20.9. The molecule has 0 saturated carbocycles. The normalized spacial score (nSPS) is 13.0. The van der Waals surface area contributed by atoms with Gasteiger partial charge in [0.05, 0.1) is 5.69 Å². The minimum Gasteiger partial charge on any atom is -0.453 e. The Kier molecular flexibility index (Phi) is 7.00. The minimum absolute atomic E-state index is 0.0515. The van der Waals surface area contributed by atoms with E-state index in [9.17, 15) is 4.79 Å². The fourth-order valence-electron chi connectivity index (χ4n) is 2.76. The van der Waals surface area contributed by atoms with E-state index in [2.05, 4.69) is 31.2 Å². The van der Waals surface area contributed by atoms with Crippen LogP contribution >= 0.6 is 27.3 Å². The number of anilines is 2. The van der Waals surface area contributed by atoms with Crippen molar-refractivity contribution < 1.29 is 14.3 Å². The van der Waals surface area contributed by atoms with Crippen LogP contribution < -0.4 is 10.1 Å². The van der Waals surface area contributed by atoms with Gasteiger partial charge in [-0.05, 0) is 35.0 Å². The van der Waals surface area contributed by atoms with Crippen molar-refractivity contribution in [3.63, 3.8) is 0 Å². The number of ketones is 1. The van der Waals surface area contributed by atoms with Crippen LogP contribution in [-0.4, -0.2) is 28.5 Å². The first-order chi connectivity index (χ1) is 13.9. The molecule has 1 atom stereocenters. The highest BCUT2D eigenvalue weighted by Crippen LogP contribution is 2.33. The van der Waals surface area contributed by atoms with E-state index >= 15 is 0 Å². The standard InChI is InChI=1S/C21H22BrN3O3S/c1-4-18(26)21(2,27-3)11-15-13-29-20(24-15)25-19-17(10-14(22)12-23-19)28-16-8-6-5-7-9-16/h5-10,12-13H,4,11H2,1-3H3,(H,23,24,25). The zero-order valence-corrected chi connectivity index (χ0v) is 18.8. The number of hydrogen-bond acceptors (Lipinski definition) is 7. The van der Waals surface area contributed by atoms with Gasteiger partial charge in [-0.2, -0.15) is 0 Å². The molecule has 0 spiro atoms. The van der Waals surface area contributed by atoms with Crippen molar-refractivity contribution in [2.45, 2.75) is 32.3 Å². The number of Topliss-reactive ketones (excluding diaryl/α,β-unsaturated/α-hetero) is 1. The van der Waals surface area contributed by atoms with Crippen molar-refractivity contribution in [3.8, 4) is 11.5 Å². The molecule has 2 aromatic heterocycles. The first-order valence-electron chi connectivity index (χ1n) is 9.12. The van der Waals surface area contributed by atoms with Gasteiger partial charge in [0.25, 0.3) is 0 Å². The Hall–Kier alpha value is -2.29. The molecule has 29 heavy (non-hydrogen) atoms. The van der Waals surface area contributed by atoms with Gasteiger partial charge < -0.3 is 14.8 Å². The van der Waals surface area contributed by atoms with Crippen LogP contribution in [0, 0.1) is 0 Å². The van der Waals surface area contributed by atoms with Crippen LogP contribution in [0.1, 0.15) is 26.0 Å². The maximum absolute atomic E-state index is 12.2. The van der Waals surface area contributed by atoms with Crippen LogP contribution in [0.5, 0.6) is 11.5 Å². The fraction of sp³-hybridized carbons (Fsp3) is 0.286. The summed E-state index contributed by atoms with van der Waals surface area (Å²) in [7, 11) is 1.55. The average Bonchev–Trinajstić information content (AvgIpc) is 3.16. The third kappa shape index (κ3) is 5.41. The highest BCUT2D eigenvalue weighted by molar-refractivity contribution is 9.10. The van der Waals surface area contributed by atoms with Crippen molar-refractivity contribution in [1.29, 1.82) is 0 Å². The van der Waals surface area contributed by atoms with E-state index in [1.807, 2.05) is 48.7 Å². The maximum Gasteiger partial charge on any atom is 0.188 e. The number of carbonyl (C=O) groups excluding carboxylic acids is 1. The van der Waals surface area contributed by atoms with Crippen molar-refractivity contribution in [2.75, 3.05) is 12.4 Å². The van der Waals surface area contributed by atoms with Gasteiger partial charge in [0.2, 0.25) is 0 Å². The van der Waals surface area contributed by atoms with Crippen LogP contribution in [0.2, 0.25) is 0 Å². The summed E-state index contributed by atoms with van der Waals surface area (Å²) in [6.07, 6.45) is 2.52. The van der Waals surface area contributed by atoms with Gasteiger partial charge >= 0.3 is 0 Å². The molecule has 0 aliphatic carbocycles. The molecule has 0 saturated heterocycles. The van der Waals surface area contributed by atoms with Gasteiger partial charge in [-0.3, -0.25) is 4.79 Å². The summed E-state index contributed by atoms with van der Waals surface area (Å²) >= 11 is 4.87. The molecule has 3 aromatic rings. The first-order valence-corrected chi connectivity index (χ1v) is 10.8. The van der Waals surface area contributed by atoms with Gasteiger partial charge in [0.15, 0.2) is 22.5 Å². The minimum atomic E-state index is -0.877. The number of methoxy groups -OCH3 is 1. The van der Waals surface area contributed by atoms with E-state index in [1.54, 1.807) is 20.2 Å². The Morgan fingerprint density at radius 2 is 2.07 bits per heavy atom. The number of pyridine rings is 1. The number of rotatable bonds is 9. The summed E-state index contributed by atoms with van der Waals surface area (Å²) in [5.74, 6) is 1.89. The predicted molar refractivity (Wildman–Crippen MR) is 118 cm³/mol. The highest BCUT2D eigenvalue weighted by Gasteiger charge is 2.32. The zero-order valence-electron chi connectivity index (χ0n) is 16.4. The third-order valence-electron chi connectivity index (χ3n) is 4.45. The second kappa shape index (κ2) is 9.47. The van der Waals surface area contributed by atoms with Crippen molar-refractivity contribution >= 4 is 44.0 Å². The van der Waals surface area contributed by atoms with Crippen LogP contribution in [0.25, 0.3) is 0 Å². The van der Waals surface area contributed by atoms with E-state index in [0.29, 0.717) is 35.3 Å². The summed E-state index contributed by atoms with van der Waals surface area (Å²) in [4.78, 5) is 21.2. The summed E-state index contributed by atoms with van der Waals surface area (Å²) < 4.78 is 12.3. The lowest BCUT2D eigenvalue weighted by Crippen LogP contribution is -2.39. The lowest BCUT2D eigenvalue weighted by molar-refractivity contribution is -0.138. The van der Waals surface area contributed by atoms with Gasteiger partial charge in [-0.1, -0.05) is 25.1 Å². The molecule has 2 heterocycles. The Morgan fingerprint density at radius 1 is 1.31 bits per heavy atom. The third-order valence-corrected chi connectivity index (χ3v) is 5.69. The Bertz CT molecular complexity index is 980. The molecule has 0 aliphatic heterocycles. The summed E-state index contributed by atoms with van der Waals surface area (Å²) in [5, 5.41) is 5.79. The number of carbonyl (C=O) groups is 1. The lowest BCUT2D eigenvalue weighted by atomic mass is 9.93. The monoisotopic (exact) mass is 475 g/mol. The predicted octanol–water partition coefficient (Wildman–Crippen LogP) is 5.76. The molecule has 0 fully saturated rings. The van der Waals surface area contributed by atoms with Gasteiger partial charge in [-0.25, -0.2) is 9.97 Å². The van der Waals surface area contributed by atoms with Crippen molar-refractivity contribution in [3.05, 3.63) is 58.1 Å². The number of hydrogen-bond donors (Lipinski definition) is 1. The second-order valence-corrected chi connectivity index (χ2v) is 8.35. The Labute approximate surface area is 182 Å². The molecule has 1 aromatic carbocycles. The maximum atomic E-state index is 12.2. The fourth-order valence-corrected chi connectivity index (χ4v) is 3.78. The molecule has 152 valence electrons. The highest BCUT2D eigenvalue weighted by atomic mass is 79.9. The molecule has 1 unspecified atom stereocenters. The number of ether oxygens (including phenoxy) is 2. The lowest BCUT2D eigenvalue weighted by Gasteiger charge is -2.25. The number of benzene rings is 1. The van der Waals surface area contributed by atoms with Crippen LogP contribution in [-0.2, 0) is 16.0 Å². The SMILES string of the molecule is CCC(=O)C(C)(Cc1csc(Nc2ncc(Br)cc2Oc2ccccc2)n1)OC. The molecule has 3 rings (SSSR count). The summed E-state index contributed by atoms with van der Waals surface area (Å²) in [6, 6.07) is 11.3. The van der Waals surface area contributed by atoms with Crippen molar-refractivity contribution in [2.24, 2.45) is 0 Å². The average molecular weight is 476 g/mol. The quantitative estimate of drug-likeness (QED) is 0.423. The molecule has 0 amide bonds. The number of nitrogens with one attached hydrogen (secondary N) is 1. The van der Waals surface area contributed by atoms with E-state index in [1.165, 1.54) is 11.3 Å². The molecule has 8 heteroatoms. The molecule has 0 radical (unpaired) electrons. The van der Waals surface area contributed by atoms with Crippen LogP contribution in [0.3, 0.4) is 0 Å². The number of aromatic nitrogens is 2. The van der Waals surface area contributed by atoms with Gasteiger partial charge in [-0.15, -0.1) is 11.3 Å². The number of nitrogens with zero attached hydrogens (tertiary/aromatic N) is 2. The summed E-state index contributed by atoms with van der Waals surface area (Å²) in [5.41, 5.74) is -0.0938. The van der Waals surface area contributed by atoms with Gasteiger partial charge in [0.1, 0.15) is 11.4 Å². The number of halogens is 1. The topological polar surface area (TPSA) is 73.3 Å². The van der Waals surface area contributed by atoms with E-state index in [-0.39, 0.29) is 5.78 Å². The summed E-state index contributed by atoms with van der Waals surface area (Å²) in [6.45, 7) is 3.63. The Balaban J connectivity index is 1.78. The largest absolute Gasteiger partial charge is 0.453 e. The molecule has 1 N–H and O–H groups in total. The molecular formula is C21H22BrN3O3S. The molecule has 0 bridgehead atoms. The molecular weight excluding hydrogens is 454 g/mol. The molecule has 0 aliphatic rings. The van der Waals surface area contributed by atoms with E-state index < -0.39 is 5.60 Å². The molecule has 6 nitrogen and oxygen atoms in total. The number of para-hydroxylation sites is 1.